The van der Waals surface area contributed by atoms with Gasteiger partial charge in [0.25, 0.3) is 5.91 Å². The monoisotopic (exact) mass is 481 g/mol. The topological polar surface area (TPSA) is 48.0 Å². The minimum absolute atomic E-state index is 0.0295. The fraction of sp³-hybridized carbons (Fsp3) is 0.435. The second-order valence-electron chi connectivity index (χ2n) is 7.52. The summed E-state index contributed by atoms with van der Waals surface area (Å²) in [4.78, 5) is 14.8. The van der Waals surface area contributed by atoms with Crippen molar-refractivity contribution in [2.75, 3.05) is 25.2 Å². The SMILES string of the molecule is COc1cc(CN(C(=O)COc2ccccc2C2SCCS2)C2CC2)ccc1OC(F)F. The predicted molar refractivity (Wildman–Crippen MR) is 123 cm³/mol. The number of halogens is 2. The van der Waals surface area contributed by atoms with E-state index in [1.165, 1.54) is 13.2 Å². The highest BCUT2D eigenvalue weighted by molar-refractivity contribution is 8.19. The third-order valence-corrected chi connectivity index (χ3v) is 8.32. The van der Waals surface area contributed by atoms with Crippen LogP contribution < -0.4 is 14.2 Å². The van der Waals surface area contributed by atoms with Crippen molar-refractivity contribution in [3.05, 3.63) is 53.6 Å². The van der Waals surface area contributed by atoms with Gasteiger partial charge in [-0.15, -0.1) is 23.5 Å². The largest absolute Gasteiger partial charge is 0.493 e. The molecule has 1 saturated heterocycles. The van der Waals surface area contributed by atoms with Crippen LogP contribution in [-0.2, 0) is 11.3 Å². The van der Waals surface area contributed by atoms with E-state index in [1.807, 2.05) is 41.7 Å². The number of alkyl halides is 2. The second-order valence-corrected chi connectivity index (χ2v) is 10.2. The average molecular weight is 482 g/mol. The molecule has 4 rings (SSSR count). The molecule has 1 amide bonds. The van der Waals surface area contributed by atoms with E-state index in [-0.39, 0.29) is 30.1 Å². The quantitative estimate of drug-likeness (QED) is 0.456. The Kier molecular flexibility index (Phi) is 7.67. The number of hydrogen-bond donors (Lipinski definition) is 0. The van der Waals surface area contributed by atoms with E-state index >= 15 is 0 Å². The first-order valence-electron chi connectivity index (χ1n) is 10.4. The molecule has 2 aromatic rings. The number of benzene rings is 2. The van der Waals surface area contributed by atoms with Crippen molar-refractivity contribution < 1.29 is 27.8 Å². The Morgan fingerprint density at radius 2 is 1.84 bits per heavy atom. The lowest BCUT2D eigenvalue weighted by molar-refractivity contribution is -0.134. The lowest BCUT2D eigenvalue weighted by Gasteiger charge is -2.24. The van der Waals surface area contributed by atoms with E-state index in [1.54, 1.807) is 17.0 Å². The predicted octanol–water partition coefficient (Wildman–Crippen LogP) is 5.35. The summed E-state index contributed by atoms with van der Waals surface area (Å²) < 4.78 is 41.1. The van der Waals surface area contributed by atoms with Crippen LogP contribution in [0.2, 0.25) is 0 Å². The Hall–Kier alpha value is -2.13. The van der Waals surface area contributed by atoms with Crippen LogP contribution in [-0.4, -0.2) is 48.7 Å². The van der Waals surface area contributed by atoms with E-state index < -0.39 is 6.61 Å². The summed E-state index contributed by atoms with van der Waals surface area (Å²) in [6, 6.07) is 12.8. The number of carbonyl (C=O) groups is 1. The van der Waals surface area contributed by atoms with Crippen molar-refractivity contribution in [3.63, 3.8) is 0 Å². The van der Waals surface area contributed by atoms with Gasteiger partial charge in [-0.05, 0) is 36.6 Å². The fourth-order valence-corrected chi connectivity index (χ4v) is 6.48. The molecule has 0 atom stereocenters. The molecule has 1 heterocycles. The van der Waals surface area contributed by atoms with Crippen molar-refractivity contribution in [1.82, 2.24) is 4.90 Å². The molecule has 1 aliphatic heterocycles. The van der Waals surface area contributed by atoms with Gasteiger partial charge in [-0.25, -0.2) is 0 Å². The highest BCUT2D eigenvalue weighted by atomic mass is 32.2. The first-order chi connectivity index (χ1) is 15.5. The fourth-order valence-electron chi connectivity index (χ4n) is 3.57. The van der Waals surface area contributed by atoms with Crippen LogP contribution >= 0.6 is 23.5 Å². The lowest BCUT2D eigenvalue weighted by atomic mass is 10.2. The molecule has 0 bridgehead atoms. The minimum Gasteiger partial charge on any atom is -0.493 e. The first-order valence-corrected chi connectivity index (χ1v) is 12.5. The van der Waals surface area contributed by atoms with Crippen LogP contribution in [0.4, 0.5) is 8.78 Å². The summed E-state index contributed by atoms with van der Waals surface area (Å²) >= 11 is 3.79. The van der Waals surface area contributed by atoms with Crippen LogP contribution in [0.5, 0.6) is 17.2 Å². The third kappa shape index (κ3) is 5.81. The van der Waals surface area contributed by atoms with Gasteiger partial charge in [0.05, 0.1) is 11.7 Å². The zero-order valence-corrected chi connectivity index (χ0v) is 19.3. The zero-order valence-electron chi connectivity index (χ0n) is 17.7. The Bertz CT molecular complexity index is 936. The van der Waals surface area contributed by atoms with Gasteiger partial charge in [0, 0.05) is 29.7 Å². The maximum Gasteiger partial charge on any atom is 0.387 e. The molecule has 1 saturated carbocycles. The molecule has 0 radical (unpaired) electrons. The van der Waals surface area contributed by atoms with E-state index in [2.05, 4.69) is 10.8 Å². The van der Waals surface area contributed by atoms with Gasteiger partial charge in [0.1, 0.15) is 5.75 Å². The molecular weight excluding hydrogens is 456 g/mol. The number of carbonyl (C=O) groups excluding carboxylic acids is 1. The van der Waals surface area contributed by atoms with Crippen LogP contribution in [0.25, 0.3) is 0 Å². The molecule has 2 aliphatic rings. The van der Waals surface area contributed by atoms with Crippen LogP contribution in [0.15, 0.2) is 42.5 Å². The number of para-hydroxylation sites is 1. The van der Waals surface area contributed by atoms with E-state index in [0.717, 1.165) is 41.2 Å². The number of rotatable bonds is 10. The molecule has 0 unspecified atom stereocenters. The van der Waals surface area contributed by atoms with Gasteiger partial charge in [0.2, 0.25) is 0 Å². The molecule has 2 fully saturated rings. The summed E-state index contributed by atoms with van der Waals surface area (Å²) in [5, 5.41) is 0. The van der Waals surface area contributed by atoms with E-state index in [0.29, 0.717) is 11.1 Å². The van der Waals surface area contributed by atoms with Crippen molar-refractivity contribution in [3.8, 4) is 17.2 Å². The molecule has 32 heavy (non-hydrogen) atoms. The molecule has 2 aromatic carbocycles. The molecule has 0 spiro atoms. The molecule has 5 nitrogen and oxygen atoms in total. The van der Waals surface area contributed by atoms with Gasteiger partial charge in [-0.2, -0.15) is 8.78 Å². The Morgan fingerprint density at radius 1 is 1.09 bits per heavy atom. The summed E-state index contributed by atoms with van der Waals surface area (Å²) in [6.45, 7) is -2.62. The summed E-state index contributed by atoms with van der Waals surface area (Å²) in [7, 11) is 1.40. The maximum absolute atomic E-state index is 13.0. The van der Waals surface area contributed by atoms with Crippen molar-refractivity contribution >= 4 is 29.4 Å². The normalized spacial score (nSPS) is 16.2. The number of hydrogen-bond acceptors (Lipinski definition) is 6. The summed E-state index contributed by atoms with van der Waals surface area (Å²) in [5.74, 6) is 3.06. The van der Waals surface area contributed by atoms with Crippen LogP contribution in [0, 0.1) is 0 Å². The zero-order chi connectivity index (χ0) is 22.5. The lowest BCUT2D eigenvalue weighted by Crippen LogP contribution is -2.36. The number of amides is 1. The van der Waals surface area contributed by atoms with Gasteiger partial charge in [0.15, 0.2) is 18.1 Å². The highest BCUT2D eigenvalue weighted by Gasteiger charge is 2.33. The highest BCUT2D eigenvalue weighted by Crippen LogP contribution is 2.48. The van der Waals surface area contributed by atoms with Gasteiger partial charge >= 0.3 is 6.61 Å². The Balaban J connectivity index is 1.42. The van der Waals surface area contributed by atoms with E-state index in [9.17, 15) is 13.6 Å². The molecule has 1 aliphatic carbocycles. The number of ether oxygens (including phenoxy) is 3. The minimum atomic E-state index is -2.93. The maximum atomic E-state index is 13.0. The summed E-state index contributed by atoms with van der Waals surface area (Å²) in [6.07, 6.45) is 1.89. The smallest absolute Gasteiger partial charge is 0.387 e. The molecular formula is C23H25F2NO4S2. The molecule has 0 aromatic heterocycles. The third-order valence-electron chi connectivity index (χ3n) is 5.25. The van der Waals surface area contributed by atoms with Crippen molar-refractivity contribution in [2.24, 2.45) is 0 Å². The average Bonchev–Trinajstić information content (AvgIpc) is 3.49. The van der Waals surface area contributed by atoms with Gasteiger partial charge in [-0.1, -0.05) is 24.3 Å². The van der Waals surface area contributed by atoms with E-state index in [4.69, 9.17) is 9.47 Å². The van der Waals surface area contributed by atoms with Crippen LogP contribution in [0.3, 0.4) is 0 Å². The van der Waals surface area contributed by atoms with Crippen LogP contribution in [0.1, 0.15) is 28.6 Å². The molecule has 9 heteroatoms. The van der Waals surface area contributed by atoms with Gasteiger partial charge in [-0.3, -0.25) is 4.79 Å². The number of thioether (sulfide) groups is 2. The number of methoxy groups -OCH3 is 1. The standard InChI is InChI=1S/C23H25F2NO4S2/c1-28-20-12-15(6-9-19(20)30-23(24)25)13-26(16-7-8-16)21(27)14-29-18-5-3-2-4-17(18)22-31-10-11-32-22/h2-6,9,12,16,22-23H,7-8,10-11,13-14H2,1H3. The number of nitrogens with zero attached hydrogens (tertiary/aromatic N) is 1. The van der Waals surface area contributed by atoms with Gasteiger partial charge < -0.3 is 19.1 Å². The molecule has 0 N–H and O–H groups in total. The first kappa shape index (κ1) is 23.0. The van der Waals surface area contributed by atoms with Crippen molar-refractivity contribution in [1.29, 1.82) is 0 Å². The van der Waals surface area contributed by atoms with Crippen molar-refractivity contribution in [2.45, 2.75) is 36.6 Å². The Morgan fingerprint density at radius 3 is 2.53 bits per heavy atom. The summed E-state index contributed by atoms with van der Waals surface area (Å²) in [5.41, 5.74) is 1.90. The molecule has 172 valence electrons. The Labute approximate surface area is 194 Å². The second kappa shape index (κ2) is 10.7.